The fourth-order valence-electron chi connectivity index (χ4n) is 8.07. The number of phenolic OH excluding ortho intramolecular Hbond substituents is 3. The number of hydrogen-bond donors (Lipinski definition) is 10. The van der Waals surface area contributed by atoms with E-state index in [1.807, 2.05) is 43.3 Å². The second kappa shape index (κ2) is 24.1. The Kier molecular flexibility index (Phi) is 18.8. The van der Waals surface area contributed by atoms with E-state index in [0.717, 1.165) is 83.4 Å². The summed E-state index contributed by atoms with van der Waals surface area (Å²) in [7, 11) is 0. The normalized spacial score (nSPS) is 17.8. The highest BCUT2D eigenvalue weighted by Crippen LogP contribution is 2.19. The van der Waals surface area contributed by atoms with Gasteiger partial charge in [0.1, 0.15) is 17.2 Å². The van der Waals surface area contributed by atoms with E-state index in [2.05, 4.69) is 68.7 Å². The first-order valence-electron chi connectivity index (χ1n) is 21.3. The Hall–Kier alpha value is -4.04. The highest BCUT2D eigenvalue weighted by molar-refractivity contribution is 5.28. The lowest BCUT2D eigenvalue weighted by atomic mass is 10.0. The summed E-state index contributed by atoms with van der Waals surface area (Å²) in [6.45, 7) is 10.2. The first-order valence-corrected chi connectivity index (χ1v) is 21.3. The zero-order chi connectivity index (χ0) is 41.1. The van der Waals surface area contributed by atoms with Crippen LogP contribution in [0.1, 0.15) is 48.9 Å². The lowest BCUT2D eigenvalue weighted by Gasteiger charge is -2.33. The number of aliphatic hydroxyl groups is 1. The molecule has 1 heterocycles. The number of aromatic hydroxyl groups is 3. The first kappa shape index (κ1) is 45.1. The lowest BCUT2D eigenvalue weighted by molar-refractivity contribution is 0.133. The maximum atomic E-state index is 10.8. The van der Waals surface area contributed by atoms with E-state index in [0.29, 0.717) is 19.1 Å². The van der Waals surface area contributed by atoms with Gasteiger partial charge >= 0.3 is 0 Å². The van der Waals surface area contributed by atoms with Crippen LogP contribution in [0.4, 0.5) is 0 Å². The summed E-state index contributed by atoms with van der Waals surface area (Å²) in [5.74, 6) is 0.799. The van der Waals surface area contributed by atoms with Gasteiger partial charge in [0.05, 0.1) is 6.10 Å². The van der Waals surface area contributed by atoms with Gasteiger partial charge in [-0.2, -0.15) is 0 Å². The number of likely N-dealkylation sites (N-methyl/N-ethyl adjacent to an activating group) is 1. The molecule has 0 saturated carbocycles. The molecular weight excluding hydrogens is 727 g/mol. The van der Waals surface area contributed by atoms with Crippen LogP contribution in [0.5, 0.6) is 17.2 Å². The summed E-state index contributed by atoms with van der Waals surface area (Å²) >= 11 is 0. The molecule has 0 unspecified atom stereocenters. The SMILES string of the molecule is CCN[C@H](CN[C@H](CN[C@@H](Cc1ccccc1)CN1CCC[C@H]1CN[C@@H](CN[C@H](CN)Cc1ccc(O)cc1)[C@@H](C)O)Cc1ccc(O)cc1)Cc1ccc(O)cc1. The number of benzene rings is 4. The van der Waals surface area contributed by atoms with Crippen molar-refractivity contribution >= 4 is 0 Å². The molecule has 1 saturated heterocycles. The molecule has 4 aromatic rings. The Morgan fingerprint density at radius 3 is 1.59 bits per heavy atom. The minimum absolute atomic E-state index is 0.0563. The van der Waals surface area contributed by atoms with Gasteiger partial charge < -0.3 is 52.7 Å². The van der Waals surface area contributed by atoms with Gasteiger partial charge in [-0.1, -0.05) is 73.7 Å². The number of hydrogen-bond acceptors (Lipinski definition) is 11. The molecule has 58 heavy (non-hydrogen) atoms. The third-order valence-electron chi connectivity index (χ3n) is 11.4. The standard InChI is InChI=1S/C47H69N7O4/c1-3-49-40(25-37-13-19-45(57)20-14-37)29-50-41(26-38-15-21-46(58)22-16-38)30-51-42(27-35-8-5-4-6-9-35)33-54-23-7-10-43(54)31-53-47(34(2)55)32-52-39(28-48)24-36-11-17-44(56)18-12-36/h4-6,8-9,11-22,34,39-43,47,49-53,55-58H,3,7,10,23-33,48H2,1-2H3/t34-,39+,40+,41+,42+,43+,47+/m1/s1. The number of aliphatic hydroxyl groups excluding tert-OH is 1. The quantitative estimate of drug-likeness (QED) is 0.0450. The van der Waals surface area contributed by atoms with Gasteiger partial charge in [0.2, 0.25) is 0 Å². The minimum atomic E-state index is -0.534. The van der Waals surface area contributed by atoms with E-state index >= 15 is 0 Å². The molecule has 11 N–H and O–H groups in total. The van der Waals surface area contributed by atoms with Gasteiger partial charge in [0, 0.05) is 75.5 Å². The van der Waals surface area contributed by atoms with Crippen LogP contribution in [0.3, 0.4) is 0 Å². The summed E-state index contributed by atoms with van der Waals surface area (Å²) in [6.07, 6.45) is 5.03. The molecule has 11 nitrogen and oxygen atoms in total. The highest BCUT2D eigenvalue weighted by atomic mass is 16.3. The van der Waals surface area contributed by atoms with Crippen molar-refractivity contribution in [2.75, 3.05) is 52.4 Å². The topological polar surface area (TPSA) is 170 Å². The Balaban J connectivity index is 1.22. The number of likely N-dealkylation sites (tertiary alicyclic amines) is 1. The van der Waals surface area contributed by atoms with E-state index < -0.39 is 6.10 Å². The molecule has 1 fully saturated rings. The van der Waals surface area contributed by atoms with Crippen molar-refractivity contribution in [3.63, 3.8) is 0 Å². The Morgan fingerprint density at radius 2 is 1.07 bits per heavy atom. The van der Waals surface area contributed by atoms with Gasteiger partial charge in [-0.15, -0.1) is 0 Å². The Bertz CT molecular complexity index is 1700. The van der Waals surface area contributed by atoms with E-state index in [4.69, 9.17) is 5.73 Å². The van der Waals surface area contributed by atoms with Crippen molar-refractivity contribution in [3.05, 3.63) is 125 Å². The van der Waals surface area contributed by atoms with E-state index in [9.17, 15) is 20.4 Å². The maximum Gasteiger partial charge on any atom is 0.115 e. The van der Waals surface area contributed by atoms with Crippen LogP contribution >= 0.6 is 0 Å². The zero-order valence-electron chi connectivity index (χ0n) is 34.6. The van der Waals surface area contributed by atoms with Crippen molar-refractivity contribution in [1.82, 2.24) is 31.5 Å². The summed E-state index contributed by atoms with van der Waals surface area (Å²) in [4.78, 5) is 2.62. The number of rotatable bonds is 26. The largest absolute Gasteiger partial charge is 0.508 e. The minimum Gasteiger partial charge on any atom is -0.508 e. The molecule has 1 aliphatic heterocycles. The molecule has 7 atom stereocenters. The van der Waals surface area contributed by atoms with Crippen LogP contribution < -0.4 is 32.3 Å². The first-order chi connectivity index (χ1) is 28.2. The fourth-order valence-corrected chi connectivity index (χ4v) is 8.07. The van der Waals surface area contributed by atoms with Crippen LogP contribution in [0, 0.1) is 0 Å². The smallest absolute Gasteiger partial charge is 0.115 e. The molecule has 1 aliphatic rings. The predicted octanol–water partition coefficient (Wildman–Crippen LogP) is 3.69. The predicted molar refractivity (Wildman–Crippen MR) is 236 cm³/mol. The van der Waals surface area contributed by atoms with E-state index in [-0.39, 0.29) is 47.5 Å². The molecule has 0 spiro atoms. The lowest BCUT2D eigenvalue weighted by Crippen LogP contribution is -2.54. The van der Waals surface area contributed by atoms with Crippen LogP contribution in [0.25, 0.3) is 0 Å². The van der Waals surface area contributed by atoms with Crippen molar-refractivity contribution in [1.29, 1.82) is 0 Å². The molecule has 0 aromatic heterocycles. The van der Waals surface area contributed by atoms with Gasteiger partial charge in [-0.25, -0.2) is 0 Å². The molecule has 0 bridgehead atoms. The van der Waals surface area contributed by atoms with E-state index in [1.165, 1.54) is 16.7 Å². The molecule has 5 rings (SSSR count). The fraction of sp³-hybridized carbons (Fsp3) is 0.489. The summed E-state index contributed by atoms with van der Waals surface area (Å²) in [5, 5.41) is 59.1. The molecule has 0 aliphatic carbocycles. The third-order valence-corrected chi connectivity index (χ3v) is 11.4. The molecule has 11 heteroatoms. The molecule has 4 aromatic carbocycles. The van der Waals surface area contributed by atoms with Crippen LogP contribution in [-0.2, 0) is 25.7 Å². The molecule has 0 radical (unpaired) electrons. The Morgan fingerprint density at radius 1 is 0.603 bits per heavy atom. The highest BCUT2D eigenvalue weighted by Gasteiger charge is 2.29. The summed E-state index contributed by atoms with van der Waals surface area (Å²) in [6, 6.07) is 33.9. The van der Waals surface area contributed by atoms with E-state index in [1.54, 1.807) is 36.4 Å². The number of nitrogens with one attached hydrogen (secondary N) is 5. The number of nitrogens with two attached hydrogens (primary N) is 1. The molecule has 316 valence electrons. The van der Waals surface area contributed by atoms with Crippen molar-refractivity contribution < 1.29 is 20.4 Å². The van der Waals surface area contributed by atoms with Gasteiger partial charge in [-0.3, -0.25) is 4.90 Å². The molecule has 0 amide bonds. The van der Waals surface area contributed by atoms with Crippen LogP contribution in [0.2, 0.25) is 0 Å². The van der Waals surface area contributed by atoms with Crippen LogP contribution in [0.15, 0.2) is 103 Å². The van der Waals surface area contributed by atoms with Crippen molar-refractivity contribution in [2.45, 2.75) is 94.7 Å². The van der Waals surface area contributed by atoms with Crippen molar-refractivity contribution in [3.8, 4) is 17.2 Å². The second-order valence-electron chi connectivity index (χ2n) is 16.2. The number of phenols is 3. The third kappa shape index (κ3) is 15.6. The summed E-state index contributed by atoms with van der Waals surface area (Å²) in [5.41, 5.74) is 10.9. The van der Waals surface area contributed by atoms with Gasteiger partial charge in [0.25, 0.3) is 0 Å². The Labute approximate surface area is 346 Å². The second-order valence-corrected chi connectivity index (χ2v) is 16.2. The average molecular weight is 796 g/mol. The van der Waals surface area contributed by atoms with Gasteiger partial charge in [-0.05, 0) is 117 Å². The van der Waals surface area contributed by atoms with Crippen LogP contribution in [-0.4, -0.2) is 120 Å². The van der Waals surface area contributed by atoms with Gasteiger partial charge in [0.15, 0.2) is 0 Å². The molecular formula is C47H69N7O4. The number of nitrogens with zero attached hydrogens (tertiary/aromatic N) is 1. The van der Waals surface area contributed by atoms with Crippen molar-refractivity contribution in [2.24, 2.45) is 5.73 Å². The average Bonchev–Trinajstić information content (AvgIpc) is 3.67. The summed E-state index contributed by atoms with van der Waals surface area (Å²) < 4.78 is 0. The maximum absolute atomic E-state index is 10.8. The zero-order valence-corrected chi connectivity index (χ0v) is 34.6. The monoisotopic (exact) mass is 796 g/mol.